The maximum absolute atomic E-state index is 11.9. The van der Waals surface area contributed by atoms with Gasteiger partial charge in [-0.2, -0.15) is 0 Å². The van der Waals surface area contributed by atoms with Crippen molar-refractivity contribution >= 4 is 17.3 Å². The number of ether oxygens (including phenoxy) is 2. The van der Waals surface area contributed by atoms with Gasteiger partial charge in [-0.25, -0.2) is 4.98 Å². The number of thiazole rings is 1. The fourth-order valence-corrected chi connectivity index (χ4v) is 3.65. The molecule has 0 radical (unpaired) electrons. The Morgan fingerprint density at radius 3 is 2.68 bits per heavy atom. The summed E-state index contributed by atoms with van der Waals surface area (Å²) < 4.78 is 11.1. The maximum atomic E-state index is 11.9. The molecule has 0 saturated heterocycles. The van der Waals surface area contributed by atoms with Crippen LogP contribution >= 0.6 is 11.3 Å². The lowest BCUT2D eigenvalue weighted by Crippen LogP contribution is -2.30. The van der Waals surface area contributed by atoms with Crippen molar-refractivity contribution in [3.63, 3.8) is 0 Å². The Labute approximate surface area is 151 Å². The molecular formula is C18H22N2O4S. The summed E-state index contributed by atoms with van der Waals surface area (Å²) in [5.41, 5.74) is 1.55. The second-order valence-electron chi connectivity index (χ2n) is 6.39. The van der Waals surface area contributed by atoms with Crippen LogP contribution in [-0.2, 0) is 11.3 Å². The summed E-state index contributed by atoms with van der Waals surface area (Å²) in [7, 11) is 1.80. The van der Waals surface area contributed by atoms with Crippen LogP contribution in [-0.4, -0.2) is 41.2 Å². The summed E-state index contributed by atoms with van der Waals surface area (Å²) in [6, 6.07) is 4.53. The Morgan fingerprint density at radius 1 is 1.32 bits per heavy atom. The Hall–Kier alpha value is -2.12. The van der Waals surface area contributed by atoms with Gasteiger partial charge in [-0.1, -0.05) is 19.9 Å². The number of hydrogen-bond donors (Lipinski definition) is 1. The molecule has 1 atom stereocenters. The standard InChI is InChI=1S/C18H22N2O4S/c1-11(2)17-19-13(10-25-17)9-20(3)16(18(21)22)12-4-5-14-15(8-12)24-7-6-23-14/h4-5,8,10-11,16H,6-7,9H2,1-3H3,(H,21,22). The largest absolute Gasteiger partial charge is 0.486 e. The number of carbonyl (C=O) groups is 1. The van der Waals surface area contributed by atoms with Crippen LogP contribution < -0.4 is 9.47 Å². The fraction of sp³-hybridized carbons (Fsp3) is 0.444. The molecule has 0 saturated carbocycles. The number of carboxylic acids is 1. The van der Waals surface area contributed by atoms with E-state index in [0.717, 1.165) is 10.7 Å². The normalized spacial score (nSPS) is 14.8. The van der Waals surface area contributed by atoms with Crippen LogP contribution in [0, 0.1) is 0 Å². The minimum atomic E-state index is -0.904. The van der Waals surface area contributed by atoms with Gasteiger partial charge < -0.3 is 14.6 Å². The summed E-state index contributed by atoms with van der Waals surface area (Å²) in [6.07, 6.45) is 0. The zero-order chi connectivity index (χ0) is 18.0. The summed E-state index contributed by atoms with van der Waals surface area (Å²) >= 11 is 1.61. The van der Waals surface area contributed by atoms with Gasteiger partial charge in [0.05, 0.1) is 10.7 Å². The van der Waals surface area contributed by atoms with Crippen molar-refractivity contribution < 1.29 is 19.4 Å². The van der Waals surface area contributed by atoms with Gasteiger partial charge >= 0.3 is 5.97 Å². The van der Waals surface area contributed by atoms with E-state index in [1.165, 1.54) is 0 Å². The first-order valence-corrected chi connectivity index (χ1v) is 9.10. The Balaban J connectivity index is 1.81. The molecule has 2 aromatic rings. The number of benzene rings is 1. The van der Waals surface area contributed by atoms with Crippen molar-refractivity contribution in [1.29, 1.82) is 0 Å². The minimum Gasteiger partial charge on any atom is -0.486 e. The van der Waals surface area contributed by atoms with Crippen molar-refractivity contribution in [2.45, 2.75) is 32.4 Å². The third-order valence-electron chi connectivity index (χ3n) is 4.03. The quantitative estimate of drug-likeness (QED) is 0.850. The lowest BCUT2D eigenvalue weighted by Gasteiger charge is -2.26. The van der Waals surface area contributed by atoms with Crippen LogP contribution in [0.1, 0.15) is 42.1 Å². The summed E-state index contributed by atoms with van der Waals surface area (Å²) in [6.45, 7) is 5.65. The molecule has 1 aromatic carbocycles. The number of carboxylic acid groups (broad SMARTS) is 1. The molecule has 0 fully saturated rings. The first kappa shape index (κ1) is 17.7. The van der Waals surface area contributed by atoms with Gasteiger partial charge in [0, 0.05) is 17.8 Å². The van der Waals surface area contributed by atoms with Crippen LogP contribution in [0.15, 0.2) is 23.6 Å². The molecule has 1 unspecified atom stereocenters. The van der Waals surface area contributed by atoms with E-state index in [-0.39, 0.29) is 0 Å². The minimum absolute atomic E-state index is 0.372. The number of aliphatic carboxylic acids is 1. The fourth-order valence-electron chi connectivity index (χ4n) is 2.82. The third-order valence-corrected chi connectivity index (χ3v) is 5.23. The highest BCUT2D eigenvalue weighted by atomic mass is 32.1. The van der Waals surface area contributed by atoms with Crippen molar-refractivity contribution in [3.8, 4) is 11.5 Å². The Morgan fingerprint density at radius 2 is 2.04 bits per heavy atom. The number of likely N-dealkylation sites (N-methyl/N-ethyl adjacent to an activating group) is 1. The smallest absolute Gasteiger partial charge is 0.325 e. The van der Waals surface area contributed by atoms with E-state index in [4.69, 9.17) is 9.47 Å². The van der Waals surface area contributed by atoms with Crippen LogP contribution in [0.2, 0.25) is 0 Å². The van der Waals surface area contributed by atoms with Gasteiger partial charge in [-0.15, -0.1) is 11.3 Å². The maximum Gasteiger partial charge on any atom is 0.325 e. The summed E-state index contributed by atoms with van der Waals surface area (Å²) in [5.74, 6) is 0.720. The van der Waals surface area contributed by atoms with Gasteiger partial charge in [0.15, 0.2) is 11.5 Å². The van der Waals surface area contributed by atoms with E-state index < -0.39 is 12.0 Å². The van der Waals surface area contributed by atoms with Gasteiger partial charge in [0.1, 0.15) is 19.3 Å². The van der Waals surface area contributed by atoms with E-state index in [9.17, 15) is 9.90 Å². The van der Waals surface area contributed by atoms with E-state index in [2.05, 4.69) is 18.8 Å². The SMILES string of the molecule is CC(C)c1nc(CN(C)C(C(=O)O)c2ccc3c(c2)OCCO3)cs1. The van der Waals surface area contributed by atoms with Crippen LogP contribution in [0.25, 0.3) is 0 Å². The second kappa shape index (κ2) is 7.41. The zero-order valence-electron chi connectivity index (χ0n) is 14.6. The Bertz CT molecular complexity index is 759. The molecule has 7 heteroatoms. The number of aromatic nitrogens is 1. The predicted octanol–water partition coefficient (Wildman–Crippen LogP) is 3.30. The molecule has 1 aromatic heterocycles. The highest BCUT2D eigenvalue weighted by Gasteiger charge is 2.27. The third kappa shape index (κ3) is 3.93. The molecule has 2 heterocycles. The molecule has 0 aliphatic carbocycles. The van der Waals surface area contributed by atoms with Crippen molar-refractivity contribution in [2.24, 2.45) is 0 Å². The molecule has 25 heavy (non-hydrogen) atoms. The highest BCUT2D eigenvalue weighted by Crippen LogP contribution is 2.34. The number of hydrogen-bond acceptors (Lipinski definition) is 6. The molecule has 3 rings (SSSR count). The van der Waals surface area contributed by atoms with Gasteiger partial charge in [-0.05, 0) is 24.7 Å². The molecule has 0 bridgehead atoms. The molecule has 1 aliphatic rings. The molecule has 134 valence electrons. The van der Waals surface area contributed by atoms with Crippen molar-refractivity contribution in [1.82, 2.24) is 9.88 Å². The van der Waals surface area contributed by atoms with Crippen molar-refractivity contribution in [3.05, 3.63) is 39.8 Å². The monoisotopic (exact) mass is 362 g/mol. The first-order valence-electron chi connectivity index (χ1n) is 8.22. The van der Waals surface area contributed by atoms with Gasteiger partial charge in [-0.3, -0.25) is 9.69 Å². The molecule has 0 spiro atoms. The molecule has 1 aliphatic heterocycles. The summed E-state index contributed by atoms with van der Waals surface area (Å²) in [4.78, 5) is 18.3. The first-order chi connectivity index (χ1) is 12.0. The summed E-state index contributed by atoms with van der Waals surface area (Å²) in [5, 5.41) is 12.8. The van der Waals surface area contributed by atoms with Gasteiger partial charge in [0.25, 0.3) is 0 Å². The topological polar surface area (TPSA) is 71.9 Å². The average molecular weight is 362 g/mol. The van der Waals surface area contributed by atoms with Crippen LogP contribution in [0.5, 0.6) is 11.5 Å². The number of nitrogens with zero attached hydrogens (tertiary/aromatic N) is 2. The number of rotatable bonds is 6. The van der Waals surface area contributed by atoms with E-state index >= 15 is 0 Å². The molecule has 6 nitrogen and oxygen atoms in total. The average Bonchev–Trinajstić information content (AvgIpc) is 3.03. The number of fused-ring (bicyclic) bond motifs is 1. The molecular weight excluding hydrogens is 340 g/mol. The van der Waals surface area contributed by atoms with E-state index in [0.29, 0.717) is 42.7 Å². The second-order valence-corrected chi connectivity index (χ2v) is 7.28. The predicted molar refractivity (Wildman–Crippen MR) is 95.5 cm³/mol. The molecule has 0 amide bonds. The van der Waals surface area contributed by atoms with E-state index in [1.807, 2.05) is 5.38 Å². The lowest BCUT2D eigenvalue weighted by molar-refractivity contribution is -0.143. The van der Waals surface area contributed by atoms with Crippen LogP contribution in [0.4, 0.5) is 0 Å². The molecule has 1 N–H and O–H groups in total. The highest BCUT2D eigenvalue weighted by molar-refractivity contribution is 7.09. The zero-order valence-corrected chi connectivity index (χ0v) is 15.4. The lowest BCUT2D eigenvalue weighted by atomic mass is 10.0. The van der Waals surface area contributed by atoms with E-state index in [1.54, 1.807) is 41.5 Å². The van der Waals surface area contributed by atoms with Gasteiger partial charge in [0.2, 0.25) is 0 Å². The van der Waals surface area contributed by atoms with Crippen LogP contribution in [0.3, 0.4) is 0 Å². The van der Waals surface area contributed by atoms with Crippen molar-refractivity contribution in [2.75, 3.05) is 20.3 Å². The Kier molecular flexibility index (Phi) is 5.24.